The zero-order chi connectivity index (χ0) is 16.5. The predicted octanol–water partition coefficient (Wildman–Crippen LogP) is 2.83. The molecule has 0 aliphatic heterocycles. The number of sulfonamides is 1. The van der Waals surface area contributed by atoms with Crippen LogP contribution in [0.15, 0.2) is 35.2 Å². The van der Waals surface area contributed by atoms with Crippen molar-refractivity contribution in [2.24, 2.45) is 0 Å². The molecule has 0 N–H and O–H groups in total. The van der Waals surface area contributed by atoms with Crippen molar-refractivity contribution in [2.45, 2.75) is 31.6 Å². The van der Waals surface area contributed by atoms with Gasteiger partial charge >= 0.3 is 0 Å². The molecule has 6 heteroatoms. The molecule has 0 fully saturated rings. The molecule has 0 aliphatic rings. The van der Waals surface area contributed by atoms with Gasteiger partial charge in [-0.05, 0) is 31.0 Å². The number of hydrogen-bond acceptors (Lipinski definition) is 4. The molecule has 1 heterocycles. The SMILES string of the molecule is Cc1nc(-c2ccc(S(=O)(=O)N(C)C)cc2)cc(C(C)C)n1. The summed E-state index contributed by atoms with van der Waals surface area (Å²) in [4.78, 5) is 9.14. The molecule has 0 saturated carbocycles. The highest BCUT2D eigenvalue weighted by molar-refractivity contribution is 7.89. The molecule has 0 unspecified atom stereocenters. The summed E-state index contributed by atoms with van der Waals surface area (Å²) in [5.74, 6) is 1.03. The fraction of sp³-hybridized carbons (Fsp3) is 0.375. The number of hydrogen-bond donors (Lipinski definition) is 0. The number of nitrogens with zero attached hydrogens (tertiary/aromatic N) is 3. The molecule has 1 aromatic carbocycles. The van der Waals surface area contributed by atoms with Crippen LogP contribution in [0.5, 0.6) is 0 Å². The van der Waals surface area contributed by atoms with E-state index in [1.54, 1.807) is 24.3 Å². The summed E-state index contributed by atoms with van der Waals surface area (Å²) in [5, 5.41) is 0. The largest absolute Gasteiger partial charge is 0.242 e. The van der Waals surface area contributed by atoms with Gasteiger partial charge in [0.1, 0.15) is 5.82 Å². The van der Waals surface area contributed by atoms with Crippen LogP contribution in [-0.2, 0) is 10.0 Å². The Morgan fingerprint density at radius 3 is 2.14 bits per heavy atom. The third kappa shape index (κ3) is 3.34. The van der Waals surface area contributed by atoms with Gasteiger partial charge in [-0.25, -0.2) is 22.7 Å². The van der Waals surface area contributed by atoms with Gasteiger partial charge < -0.3 is 0 Å². The molecular weight excluding hydrogens is 298 g/mol. The lowest BCUT2D eigenvalue weighted by molar-refractivity contribution is 0.521. The van der Waals surface area contributed by atoms with Gasteiger partial charge in [0.25, 0.3) is 0 Å². The highest BCUT2D eigenvalue weighted by Crippen LogP contribution is 2.23. The van der Waals surface area contributed by atoms with Crippen LogP contribution in [-0.4, -0.2) is 36.8 Å². The fourth-order valence-electron chi connectivity index (χ4n) is 2.04. The maximum absolute atomic E-state index is 12.1. The molecule has 0 atom stereocenters. The van der Waals surface area contributed by atoms with Crippen LogP contribution >= 0.6 is 0 Å². The second-order valence-corrected chi connectivity index (χ2v) is 7.84. The van der Waals surface area contributed by atoms with Gasteiger partial charge in [-0.15, -0.1) is 0 Å². The first-order valence-corrected chi connectivity index (χ1v) is 8.54. The van der Waals surface area contributed by atoms with Crippen LogP contribution in [0.3, 0.4) is 0 Å². The van der Waals surface area contributed by atoms with Crippen molar-refractivity contribution in [3.8, 4) is 11.3 Å². The number of aromatic nitrogens is 2. The molecule has 0 amide bonds. The maximum Gasteiger partial charge on any atom is 0.242 e. The lowest BCUT2D eigenvalue weighted by Crippen LogP contribution is -2.22. The Balaban J connectivity index is 2.44. The van der Waals surface area contributed by atoms with Crippen molar-refractivity contribution >= 4 is 10.0 Å². The minimum absolute atomic E-state index is 0.274. The van der Waals surface area contributed by atoms with Crippen LogP contribution in [0.1, 0.15) is 31.3 Å². The predicted molar refractivity (Wildman–Crippen MR) is 87.2 cm³/mol. The van der Waals surface area contributed by atoms with E-state index in [0.29, 0.717) is 11.7 Å². The zero-order valence-electron chi connectivity index (χ0n) is 13.5. The molecular formula is C16H21N3O2S. The number of aryl methyl sites for hydroxylation is 1. The third-order valence-electron chi connectivity index (χ3n) is 3.38. The summed E-state index contributed by atoms with van der Waals surface area (Å²) in [6, 6.07) is 8.73. The summed E-state index contributed by atoms with van der Waals surface area (Å²) in [6.07, 6.45) is 0. The number of rotatable bonds is 4. The molecule has 0 bridgehead atoms. The smallest absolute Gasteiger partial charge is 0.238 e. The normalized spacial score (nSPS) is 12.1. The van der Waals surface area contributed by atoms with Gasteiger partial charge in [-0.1, -0.05) is 26.0 Å². The fourth-order valence-corrected chi connectivity index (χ4v) is 2.94. The van der Waals surface area contributed by atoms with Gasteiger partial charge in [-0.3, -0.25) is 0 Å². The monoisotopic (exact) mass is 319 g/mol. The molecule has 118 valence electrons. The van der Waals surface area contributed by atoms with Crippen molar-refractivity contribution in [2.75, 3.05) is 14.1 Å². The van der Waals surface area contributed by atoms with Crippen LogP contribution in [0, 0.1) is 6.92 Å². The van der Waals surface area contributed by atoms with E-state index in [9.17, 15) is 8.42 Å². The lowest BCUT2D eigenvalue weighted by Gasteiger charge is -2.12. The minimum atomic E-state index is -3.41. The van der Waals surface area contributed by atoms with Gasteiger partial charge in [-0.2, -0.15) is 0 Å². The Morgan fingerprint density at radius 2 is 1.64 bits per heavy atom. The van der Waals surface area contributed by atoms with Crippen molar-refractivity contribution in [1.82, 2.24) is 14.3 Å². The van der Waals surface area contributed by atoms with E-state index < -0.39 is 10.0 Å². The van der Waals surface area contributed by atoms with E-state index in [2.05, 4.69) is 23.8 Å². The first kappa shape index (κ1) is 16.6. The summed E-state index contributed by atoms with van der Waals surface area (Å²) in [6.45, 7) is 6.02. The van der Waals surface area contributed by atoms with E-state index in [4.69, 9.17) is 0 Å². The van der Waals surface area contributed by atoms with Crippen molar-refractivity contribution < 1.29 is 8.42 Å². The van der Waals surface area contributed by atoms with E-state index in [0.717, 1.165) is 17.0 Å². The van der Waals surface area contributed by atoms with E-state index in [-0.39, 0.29) is 4.90 Å². The van der Waals surface area contributed by atoms with Crippen LogP contribution in [0.2, 0.25) is 0 Å². The summed E-state index contributed by atoms with van der Waals surface area (Å²) >= 11 is 0. The van der Waals surface area contributed by atoms with Crippen molar-refractivity contribution in [1.29, 1.82) is 0 Å². The quantitative estimate of drug-likeness (QED) is 0.869. The first-order valence-electron chi connectivity index (χ1n) is 7.10. The lowest BCUT2D eigenvalue weighted by atomic mass is 10.1. The molecule has 0 radical (unpaired) electrons. The van der Waals surface area contributed by atoms with Gasteiger partial charge in [0.15, 0.2) is 0 Å². The first-order chi connectivity index (χ1) is 10.2. The standard InChI is InChI=1S/C16H21N3O2S/c1-11(2)15-10-16(18-12(3)17-15)13-6-8-14(9-7-13)22(20,21)19(4)5/h6-11H,1-5H3. The summed E-state index contributed by atoms with van der Waals surface area (Å²) in [5.41, 5.74) is 2.67. The van der Waals surface area contributed by atoms with Gasteiger partial charge in [0.2, 0.25) is 10.0 Å². The Bertz CT molecular complexity index is 766. The molecule has 1 aromatic heterocycles. The molecule has 22 heavy (non-hydrogen) atoms. The van der Waals surface area contributed by atoms with E-state index in [1.165, 1.54) is 18.4 Å². The number of benzene rings is 1. The average molecular weight is 319 g/mol. The van der Waals surface area contributed by atoms with Gasteiger partial charge in [0, 0.05) is 25.4 Å². The highest BCUT2D eigenvalue weighted by atomic mass is 32.2. The molecule has 2 aromatic rings. The average Bonchev–Trinajstić information content (AvgIpc) is 2.46. The Morgan fingerprint density at radius 1 is 1.05 bits per heavy atom. The molecule has 0 spiro atoms. The van der Waals surface area contributed by atoms with Crippen LogP contribution < -0.4 is 0 Å². The zero-order valence-corrected chi connectivity index (χ0v) is 14.3. The maximum atomic E-state index is 12.1. The Labute approximate surface area is 132 Å². The molecule has 5 nitrogen and oxygen atoms in total. The summed E-state index contributed by atoms with van der Waals surface area (Å²) in [7, 11) is -0.365. The second kappa shape index (κ2) is 6.14. The van der Waals surface area contributed by atoms with E-state index in [1.807, 2.05) is 13.0 Å². The topological polar surface area (TPSA) is 63.2 Å². The summed E-state index contributed by atoms with van der Waals surface area (Å²) < 4.78 is 25.4. The van der Waals surface area contributed by atoms with Crippen LogP contribution in [0.25, 0.3) is 11.3 Å². The van der Waals surface area contributed by atoms with E-state index >= 15 is 0 Å². The molecule has 2 rings (SSSR count). The Hall–Kier alpha value is -1.79. The highest BCUT2D eigenvalue weighted by Gasteiger charge is 2.17. The Kier molecular flexibility index (Phi) is 4.63. The molecule has 0 aliphatic carbocycles. The van der Waals surface area contributed by atoms with Gasteiger partial charge in [0.05, 0.1) is 10.6 Å². The molecule has 0 saturated heterocycles. The minimum Gasteiger partial charge on any atom is -0.238 e. The second-order valence-electron chi connectivity index (χ2n) is 5.69. The van der Waals surface area contributed by atoms with Crippen molar-refractivity contribution in [3.63, 3.8) is 0 Å². The third-order valence-corrected chi connectivity index (χ3v) is 5.21. The van der Waals surface area contributed by atoms with Crippen LogP contribution in [0.4, 0.5) is 0 Å². The van der Waals surface area contributed by atoms with Crippen molar-refractivity contribution in [3.05, 3.63) is 41.9 Å².